The van der Waals surface area contributed by atoms with Crippen LogP contribution in [0.1, 0.15) is 17.5 Å². The van der Waals surface area contributed by atoms with Crippen LogP contribution in [-0.2, 0) is 16.1 Å². The Morgan fingerprint density at radius 2 is 2.00 bits per heavy atom. The zero-order chi connectivity index (χ0) is 18.7. The number of nitro benzene ring substituents is 1. The molecule has 0 aliphatic carbocycles. The van der Waals surface area contributed by atoms with Crippen LogP contribution >= 0.6 is 0 Å². The van der Waals surface area contributed by atoms with E-state index in [1.807, 2.05) is 30.3 Å². The number of benzene rings is 2. The van der Waals surface area contributed by atoms with Gasteiger partial charge in [-0.25, -0.2) is 0 Å². The van der Waals surface area contributed by atoms with E-state index < -0.39 is 10.8 Å². The van der Waals surface area contributed by atoms with Crippen LogP contribution in [0.2, 0.25) is 0 Å². The molecule has 2 aromatic carbocycles. The van der Waals surface area contributed by atoms with Gasteiger partial charge in [-0.05, 0) is 18.1 Å². The molecule has 0 bridgehead atoms. The minimum Gasteiger partial charge on any atom is -0.338 e. The van der Waals surface area contributed by atoms with Crippen LogP contribution in [0.3, 0.4) is 0 Å². The first-order chi connectivity index (χ1) is 12.4. The minimum atomic E-state index is -0.504. The molecule has 0 radical (unpaired) electrons. The summed E-state index contributed by atoms with van der Waals surface area (Å²) < 4.78 is 0. The molecule has 7 heteroatoms. The summed E-state index contributed by atoms with van der Waals surface area (Å²) in [5.41, 5.74) is 2.06. The number of nitrogens with one attached hydrogen (secondary N) is 1. The Balaban J connectivity index is 1.67. The lowest BCUT2D eigenvalue weighted by Gasteiger charge is -2.17. The number of non-ortho nitro benzene ring substituents is 1. The third-order valence-electron chi connectivity index (χ3n) is 4.49. The van der Waals surface area contributed by atoms with E-state index >= 15 is 0 Å². The lowest BCUT2D eigenvalue weighted by atomic mass is 10.1. The molecule has 0 saturated carbocycles. The number of carbonyl (C=O) groups is 2. The molecule has 1 aliphatic heterocycles. The summed E-state index contributed by atoms with van der Waals surface area (Å²) in [5.74, 6) is -0.827. The van der Waals surface area contributed by atoms with Crippen molar-refractivity contribution in [1.29, 1.82) is 0 Å². The van der Waals surface area contributed by atoms with E-state index in [4.69, 9.17) is 0 Å². The Kier molecular flexibility index (Phi) is 4.97. The predicted octanol–water partition coefficient (Wildman–Crippen LogP) is 2.89. The van der Waals surface area contributed by atoms with Gasteiger partial charge in [-0.3, -0.25) is 19.7 Å². The van der Waals surface area contributed by atoms with Crippen LogP contribution in [0.25, 0.3) is 0 Å². The maximum absolute atomic E-state index is 12.5. The molecule has 1 unspecified atom stereocenters. The molecule has 0 spiro atoms. The van der Waals surface area contributed by atoms with Crippen molar-refractivity contribution in [2.45, 2.75) is 19.9 Å². The normalized spacial score (nSPS) is 16.6. The fraction of sp³-hybridized carbons (Fsp3) is 0.263. The summed E-state index contributed by atoms with van der Waals surface area (Å²) in [4.78, 5) is 36.8. The van der Waals surface area contributed by atoms with Crippen LogP contribution < -0.4 is 5.32 Å². The van der Waals surface area contributed by atoms with E-state index in [9.17, 15) is 19.7 Å². The number of carbonyl (C=O) groups excluding carboxylic acids is 2. The van der Waals surface area contributed by atoms with Gasteiger partial charge in [0.15, 0.2) is 0 Å². The number of anilines is 1. The van der Waals surface area contributed by atoms with Crippen LogP contribution in [0.15, 0.2) is 48.5 Å². The number of likely N-dealkylation sites (tertiary alicyclic amines) is 1. The third-order valence-corrected chi connectivity index (χ3v) is 4.49. The third kappa shape index (κ3) is 3.88. The largest absolute Gasteiger partial charge is 0.338 e. The molecule has 26 heavy (non-hydrogen) atoms. The Hall–Kier alpha value is -3.22. The SMILES string of the molecule is Cc1ccc([N+](=O)[O-])cc1NC(=O)C1CC(=O)N(Cc2ccccc2)C1. The van der Waals surface area contributed by atoms with Crippen molar-refractivity contribution >= 4 is 23.2 Å². The van der Waals surface area contributed by atoms with Crippen molar-refractivity contribution in [3.05, 3.63) is 69.8 Å². The topological polar surface area (TPSA) is 92.5 Å². The van der Waals surface area contributed by atoms with Gasteiger partial charge in [0.25, 0.3) is 5.69 Å². The second-order valence-electron chi connectivity index (χ2n) is 6.41. The Bertz CT molecular complexity index is 851. The van der Waals surface area contributed by atoms with Crippen molar-refractivity contribution in [1.82, 2.24) is 4.90 Å². The fourth-order valence-electron chi connectivity index (χ4n) is 3.00. The van der Waals surface area contributed by atoms with Crippen LogP contribution in [0.4, 0.5) is 11.4 Å². The van der Waals surface area contributed by atoms with Gasteiger partial charge < -0.3 is 10.2 Å². The van der Waals surface area contributed by atoms with Gasteiger partial charge in [-0.15, -0.1) is 0 Å². The first-order valence-electron chi connectivity index (χ1n) is 8.31. The first kappa shape index (κ1) is 17.6. The molecule has 1 saturated heterocycles. The summed E-state index contributed by atoms with van der Waals surface area (Å²) in [7, 11) is 0. The molecule has 1 fully saturated rings. The number of nitro groups is 1. The summed E-state index contributed by atoms with van der Waals surface area (Å²) in [6.07, 6.45) is 0.145. The standard InChI is InChI=1S/C19H19N3O4/c1-13-7-8-16(22(25)26)10-17(13)20-19(24)15-9-18(23)21(12-15)11-14-5-3-2-4-6-14/h2-8,10,15H,9,11-12H2,1H3,(H,20,24). The Morgan fingerprint density at radius 1 is 1.27 bits per heavy atom. The Morgan fingerprint density at radius 3 is 2.69 bits per heavy atom. The van der Waals surface area contributed by atoms with Gasteiger partial charge in [0.05, 0.1) is 16.5 Å². The molecule has 1 aliphatic rings. The lowest BCUT2D eigenvalue weighted by Crippen LogP contribution is -2.28. The molecule has 134 valence electrons. The number of aryl methyl sites for hydroxylation is 1. The summed E-state index contributed by atoms with van der Waals surface area (Å²) in [6.45, 7) is 2.58. The van der Waals surface area contributed by atoms with Gasteiger partial charge in [-0.2, -0.15) is 0 Å². The molecular formula is C19H19N3O4. The average molecular weight is 353 g/mol. The van der Waals surface area contributed by atoms with Crippen molar-refractivity contribution in [3.63, 3.8) is 0 Å². The molecule has 1 N–H and O–H groups in total. The van der Waals surface area contributed by atoms with Crippen LogP contribution in [0.5, 0.6) is 0 Å². The van der Waals surface area contributed by atoms with Crippen LogP contribution in [-0.4, -0.2) is 28.2 Å². The number of hydrogen-bond donors (Lipinski definition) is 1. The Labute approximate surface area is 150 Å². The molecule has 0 aromatic heterocycles. The lowest BCUT2D eigenvalue weighted by molar-refractivity contribution is -0.384. The van der Waals surface area contributed by atoms with Crippen molar-refractivity contribution in [2.24, 2.45) is 5.92 Å². The summed E-state index contributed by atoms with van der Waals surface area (Å²) in [6, 6.07) is 13.9. The molecule has 3 rings (SSSR count). The zero-order valence-electron chi connectivity index (χ0n) is 14.3. The highest BCUT2D eigenvalue weighted by molar-refractivity contribution is 5.97. The number of hydrogen-bond acceptors (Lipinski definition) is 4. The predicted molar refractivity (Wildman–Crippen MR) is 96.4 cm³/mol. The van der Waals surface area contributed by atoms with Gasteiger partial charge in [-0.1, -0.05) is 36.4 Å². The van der Waals surface area contributed by atoms with Gasteiger partial charge in [0, 0.05) is 31.6 Å². The summed E-state index contributed by atoms with van der Waals surface area (Å²) in [5, 5.41) is 13.6. The van der Waals surface area contributed by atoms with Crippen molar-refractivity contribution < 1.29 is 14.5 Å². The van der Waals surface area contributed by atoms with Crippen LogP contribution in [0, 0.1) is 23.0 Å². The number of amides is 2. The molecule has 2 amide bonds. The number of rotatable bonds is 5. The maximum atomic E-state index is 12.5. The molecule has 1 heterocycles. The monoisotopic (exact) mass is 353 g/mol. The quantitative estimate of drug-likeness (QED) is 0.661. The summed E-state index contributed by atoms with van der Waals surface area (Å²) >= 11 is 0. The van der Waals surface area contributed by atoms with Crippen molar-refractivity contribution in [3.8, 4) is 0 Å². The smallest absolute Gasteiger partial charge is 0.271 e. The zero-order valence-corrected chi connectivity index (χ0v) is 14.3. The molecule has 2 aromatic rings. The van der Waals surface area contributed by atoms with E-state index in [1.54, 1.807) is 17.9 Å². The van der Waals surface area contributed by atoms with Gasteiger partial charge in [0.1, 0.15) is 0 Å². The highest BCUT2D eigenvalue weighted by atomic mass is 16.6. The molecule has 7 nitrogen and oxygen atoms in total. The van der Waals surface area contributed by atoms with Gasteiger partial charge in [0.2, 0.25) is 11.8 Å². The van der Waals surface area contributed by atoms with E-state index in [2.05, 4.69) is 5.32 Å². The number of nitrogens with zero attached hydrogens (tertiary/aromatic N) is 2. The van der Waals surface area contributed by atoms with Gasteiger partial charge >= 0.3 is 0 Å². The average Bonchev–Trinajstić information content (AvgIpc) is 2.98. The highest BCUT2D eigenvalue weighted by Crippen LogP contribution is 2.25. The van der Waals surface area contributed by atoms with E-state index in [0.29, 0.717) is 18.8 Å². The van der Waals surface area contributed by atoms with E-state index in [1.165, 1.54) is 12.1 Å². The maximum Gasteiger partial charge on any atom is 0.271 e. The second kappa shape index (κ2) is 7.35. The molecular weight excluding hydrogens is 334 g/mol. The van der Waals surface area contributed by atoms with Crippen molar-refractivity contribution in [2.75, 3.05) is 11.9 Å². The van der Waals surface area contributed by atoms with E-state index in [0.717, 1.165) is 11.1 Å². The first-order valence-corrected chi connectivity index (χ1v) is 8.31. The minimum absolute atomic E-state index is 0.0650. The second-order valence-corrected chi connectivity index (χ2v) is 6.41. The highest BCUT2D eigenvalue weighted by Gasteiger charge is 2.34. The fourth-order valence-corrected chi connectivity index (χ4v) is 3.00. The van der Waals surface area contributed by atoms with E-state index in [-0.39, 0.29) is 23.9 Å². The molecule has 1 atom stereocenters.